The Morgan fingerprint density at radius 3 is 2.90 bits per heavy atom. The molecule has 1 aliphatic rings. The summed E-state index contributed by atoms with van der Waals surface area (Å²) in [4.78, 5) is 33.7. The molecule has 0 radical (unpaired) electrons. The number of nitrogens with two attached hydrogens (primary N) is 1. The standard InChI is InChI=1S/C21H19BrN4O2S/c22-15-10-16(29-13-15)2-4-20(27)26-8-7-25(21(28)12-26)11-14-1-3-17-18(23)5-6-24-19(17)9-14/h1-6,9-10,13H,7-8,11-12H2,(H2,23,24). The number of hydrogen-bond acceptors (Lipinski definition) is 5. The van der Waals surface area contributed by atoms with Gasteiger partial charge >= 0.3 is 0 Å². The first-order chi connectivity index (χ1) is 14.0. The SMILES string of the molecule is Nc1ccnc2cc(CN3CCN(C(=O)C=Cc4cc(Br)cs4)CC3=O)ccc12. The second kappa shape index (κ2) is 8.34. The molecule has 0 aliphatic carbocycles. The Kier molecular flexibility index (Phi) is 5.64. The van der Waals surface area contributed by atoms with E-state index in [-0.39, 0.29) is 18.4 Å². The van der Waals surface area contributed by atoms with Crippen molar-refractivity contribution in [3.63, 3.8) is 0 Å². The number of amides is 2. The summed E-state index contributed by atoms with van der Waals surface area (Å²) < 4.78 is 0.991. The van der Waals surface area contributed by atoms with Crippen LogP contribution in [0.5, 0.6) is 0 Å². The normalized spacial score (nSPS) is 14.9. The first-order valence-corrected chi connectivity index (χ1v) is 10.8. The van der Waals surface area contributed by atoms with E-state index in [9.17, 15) is 9.59 Å². The molecule has 1 aliphatic heterocycles. The van der Waals surface area contributed by atoms with Gasteiger partial charge in [-0.25, -0.2) is 0 Å². The van der Waals surface area contributed by atoms with Crippen molar-refractivity contribution in [3.8, 4) is 0 Å². The van der Waals surface area contributed by atoms with Gasteiger partial charge in [-0.1, -0.05) is 12.1 Å². The second-order valence-electron chi connectivity index (χ2n) is 6.83. The molecule has 8 heteroatoms. The number of anilines is 1. The molecule has 0 saturated carbocycles. The average molecular weight is 471 g/mol. The molecular weight excluding hydrogens is 452 g/mol. The van der Waals surface area contributed by atoms with Gasteiger partial charge in [-0.2, -0.15) is 0 Å². The molecule has 29 heavy (non-hydrogen) atoms. The molecule has 2 amide bonds. The summed E-state index contributed by atoms with van der Waals surface area (Å²) in [6, 6.07) is 9.58. The maximum atomic E-state index is 12.6. The van der Waals surface area contributed by atoms with Crippen molar-refractivity contribution in [1.29, 1.82) is 0 Å². The highest BCUT2D eigenvalue weighted by atomic mass is 79.9. The van der Waals surface area contributed by atoms with Crippen LogP contribution in [0, 0.1) is 0 Å². The van der Waals surface area contributed by atoms with Crippen LogP contribution in [-0.2, 0) is 16.1 Å². The molecule has 6 nitrogen and oxygen atoms in total. The van der Waals surface area contributed by atoms with Crippen LogP contribution < -0.4 is 5.73 Å². The fraction of sp³-hybridized carbons (Fsp3) is 0.190. The van der Waals surface area contributed by atoms with Crippen molar-refractivity contribution in [2.75, 3.05) is 25.4 Å². The predicted molar refractivity (Wildman–Crippen MR) is 119 cm³/mol. The number of rotatable bonds is 4. The third kappa shape index (κ3) is 4.49. The van der Waals surface area contributed by atoms with E-state index in [0.717, 1.165) is 25.8 Å². The minimum Gasteiger partial charge on any atom is -0.398 e. The predicted octanol–water partition coefficient (Wildman–Crippen LogP) is 3.53. The van der Waals surface area contributed by atoms with Crippen molar-refractivity contribution >= 4 is 61.7 Å². The lowest BCUT2D eigenvalue weighted by molar-refractivity contribution is -0.143. The number of nitrogens with zero attached hydrogens (tertiary/aromatic N) is 3. The van der Waals surface area contributed by atoms with Gasteiger partial charge in [0.25, 0.3) is 0 Å². The first-order valence-electron chi connectivity index (χ1n) is 9.11. The van der Waals surface area contributed by atoms with Gasteiger partial charge in [0, 0.05) is 57.7 Å². The smallest absolute Gasteiger partial charge is 0.247 e. The Balaban J connectivity index is 1.38. The van der Waals surface area contributed by atoms with Gasteiger partial charge in [-0.3, -0.25) is 14.6 Å². The number of thiophene rings is 1. The molecule has 2 aromatic heterocycles. The molecule has 1 aromatic carbocycles. The first kappa shape index (κ1) is 19.6. The molecule has 2 N–H and O–H groups in total. The van der Waals surface area contributed by atoms with Gasteiger partial charge in [-0.15, -0.1) is 11.3 Å². The van der Waals surface area contributed by atoms with Gasteiger partial charge in [0.15, 0.2) is 0 Å². The number of carbonyl (C=O) groups is 2. The largest absolute Gasteiger partial charge is 0.398 e. The van der Waals surface area contributed by atoms with E-state index < -0.39 is 0 Å². The van der Waals surface area contributed by atoms with Gasteiger partial charge in [-0.05, 0) is 45.8 Å². The highest BCUT2D eigenvalue weighted by Gasteiger charge is 2.26. The maximum Gasteiger partial charge on any atom is 0.247 e. The van der Waals surface area contributed by atoms with Crippen LogP contribution in [0.1, 0.15) is 10.4 Å². The zero-order chi connectivity index (χ0) is 20.4. The number of nitrogen functional groups attached to an aromatic ring is 1. The van der Waals surface area contributed by atoms with E-state index >= 15 is 0 Å². The van der Waals surface area contributed by atoms with E-state index in [1.165, 1.54) is 6.08 Å². The number of aromatic nitrogens is 1. The lowest BCUT2D eigenvalue weighted by Crippen LogP contribution is -2.51. The summed E-state index contributed by atoms with van der Waals surface area (Å²) >= 11 is 4.94. The van der Waals surface area contributed by atoms with Crippen molar-refractivity contribution in [2.45, 2.75) is 6.54 Å². The van der Waals surface area contributed by atoms with Gasteiger partial charge in [0.05, 0.1) is 5.52 Å². The summed E-state index contributed by atoms with van der Waals surface area (Å²) in [7, 11) is 0. The molecule has 3 aromatic rings. The molecule has 0 spiro atoms. The summed E-state index contributed by atoms with van der Waals surface area (Å²) in [6.07, 6.45) is 4.99. The summed E-state index contributed by atoms with van der Waals surface area (Å²) in [5.41, 5.74) is 8.46. The van der Waals surface area contributed by atoms with Crippen LogP contribution >= 0.6 is 27.3 Å². The van der Waals surface area contributed by atoms with Crippen molar-refractivity contribution < 1.29 is 9.59 Å². The van der Waals surface area contributed by atoms with E-state index in [4.69, 9.17) is 5.73 Å². The molecule has 0 atom stereocenters. The Labute approximate surface area is 180 Å². The van der Waals surface area contributed by atoms with Gasteiger partial charge in [0.2, 0.25) is 11.8 Å². The third-order valence-electron chi connectivity index (χ3n) is 4.82. The van der Waals surface area contributed by atoms with Crippen molar-refractivity contribution in [2.24, 2.45) is 0 Å². The van der Waals surface area contributed by atoms with E-state index in [1.54, 1.807) is 39.5 Å². The topological polar surface area (TPSA) is 79.5 Å². The number of fused-ring (bicyclic) bond motifs is 1. The van der Waals surface area contributed by atoms with Crippen LogP contribution in [0.15, 0.2) is 52.5 Å². The molecule has 0 bridgehead atoms. The zero-order valence-corrected chi connectivity index (χ0v) is 17.9. The van der Waals surface area contributed by atoms with E-state index in [1.807, 2.05) is 29.6 Å². The van der Waals surface area contributed by atoms with Crippen LogP contribution in [0.2, 0.25) is 0 Å². The Hall–Kier alpha value is -2.71. The lowest BCUT2D eigenvalue weighted by atomic mass is 10.1. The van der Waals surface area contributed by atoms with Crippen LogP contribution in [0.3, 0.4) is 0 Å². The molecule has 0 unspecified atom stereocenters. The molecule has 3 heterocycles. The van der Waals surface area contributed by atoms with Crippen molar-refractivity contribution in [1.82, 2.24) is 14.8 Å². The molecular formula is C21H19BrN4O2S. The second-order valence-corrected chi connectivity index (χ2v) is 8.69. The Morgan fingerprint density at radius 1 is 1.28 bits per heavy atom. The number of halogens is 1. The maximum absolute atomic E-state index is 12.6. The average Bonchev–Trinajstić information content (AvgIpc) is 3.13. The number of pyridine rings is 1. The summed E-state index contributed by atoms with van der Waals surface area (Å²) in [5, 5.41) is 2.87. The molecule has 4 rings (SSSR count). The molecule has 1 fully saturated rings. The van der Waals surface area contributed by atoms with E-state index in [0.29, 0.717) is 25.3 Å². The fourth-order valence-corrected chi connectivity index (χ4v) is 4.61. The van der Waals surface area contributed by atoms with Crippen LogP contribution in [0.25, 0.3) is 17.0 Å². The summed E-state index contributed by atoms with van der Waals surface area (Å²) in [6.45, 7) is 1.61. The highest BCUT2D eigenvalue weighted by molar-refractivity contribution is 9.10. The van der Waals surface area contributed by atoms with Gasteiger partial charge in [0.1, 0.15) is 6.54 Å². The van der Waals surface area contributed by atoms with Crippen LogP contribution in [-0.4, -0.2) is 46.2 Å². The quantitative estimate of drug-likeness (QED) is 0.591. The molecule has 148 valence electrons. The third-order valence-corrected chi connectivity index (χ3v) is 6.48. The Morgan fingerprint density at radius 2 is 2.14 bits per heavy atom. The monoisotopic (exact) mass is 470 g/mol. The minimum absolute atomic E-state index is 0.0579. The van der Waals surface area contributed by atoms with E-state index in [2.05, 4.69) is 20.9 Å². The lowest BCUT2D eigenvalue weighted by Gasteiger charge is -2.34. The highest BCUT2D eigenvalue weighted by Crippen LogP contribution is 2.22. The fourth-order valence-electron chi connectivity index (χ4n) is 3.27. The van der Waals surface area contributed by atoms with Gasteiger partial charge < -0.3 is 15.5 Å². The number of benzene rings is 1. The molecule has 1 saturated heterocycles. The minimum atomic E-state index is -0.145. The summed E-state index contributed by atoms with van der Waals surface area (Å²) in [5.74, 6) is -0.203. The van der Waals surface area contributed by atoms with Crippen LogP contribution in [0.4, 0.5) is 5.69 Å². The Bertz CT molecular complexity index is 1110. The van der Waals surface area contributed by atoms with Crippen molar-refractivity contribution in [3.05, 3.63) is 62.9 Å². The zero-order valence-electron chi connectivity index (χ0n) is 15.5. The number of carbonyl (C=O) groups excluding carboxylic acids is 2. The number of piperazine rings is 1. The number of hydrogen-bond donors (Lipinski definition) is 1.